The fraction of sp³-hybridized carbons (Fsp3) is 0.400. The topological polar surface area (TPSA) is 60.5 Å². The van der Waals surface area contributed by atoms with Gasteiger partial charge in [-0.2, -0.15) is 0 Å². The third-order valence-corrected chi connectivity index (χ3v) is 1.71. The Morgan fingerprint density at radius 1 is 1.53 bits per heavy atom. The molecule has 0 bridgehead atoms. The molecule has 1 rings (SSSR count). The minimum absolute atomic E-state index is 0.281. The van der Waals surface area contributed by atoms with E-state index in [-0.39, 0.29) is 5.91 Å². The molecule has 15 heavy (non-hydrogen) atoms. The van der Waals surface area contributed by atoms with E-state index >= 15 is 0 Å². The number of ether oxygens (including phenoxy) is 1. The lowest BCUT2D eigenvalue weighted by Gasteiger charge is -2.05. The van der Waals surface area contributed by atoms with Crippen LogP contribution >= 0.6 is 0 Å². The van der Waals surface area contributed by atoms with Gasteiger partial charge in [-0.3, -0.25) is 14.6 Å². The summed E-state index contributed by atoms with van der Waals surface area (Å²) in [5, 5.41) is 0. The number of methoxy groups -OCH3 is 1. The number of aromatic nitrogens is 1. The third-order valence-electron chi connectivity index (χ3n) is 1.71. The van der Waals surface area contributed by atoms with Gasteiger partial charge in [-0.05, 0) is 19.1 Å². The lowest BCUT2D eigenvalue weighted by atomic mass is 10.2. The summed E-state index contributed by atoms with van der Waals surface area (Å²) in [6.45, 7) is 2.59. The van der Waals surface area contributed by atoms with E-state index in [1.807, 2.05) is 6.92 Å². The molecule has 0 spiro atoms. The highest BCUT2D eigenvalue weighted by Crippen LogP contribution is 1.99. The van der Waals surface area contributed by atoms with Crippen molar-refractivity contribution in [3.63, 3.8) is 0 Å². The van der Waals surface area contributed by atoms with Gasteiger partial charge in [0.1, 0.15) is 0 Å². The summed E-state index contributed by atoms with van der Waals surface area (Å²) < 4.78 is 4.76. The highest BCUT2D eigenvalue weighted by atomic mass is 16.7. The molecule has 82 valence electrons. The largest absolute Gasteiger partial charge is 0.382 e. The average molecular weight is 210 g/mol. The van der Waals surface area contributed by atoms with Gasteiger partial charge in [0.2, 0.25) is 0 Å². The maximum Gasteiger partial charge on any atom is 0.274 e. The van der Waals surface area contributed by atoms with E-state index in [1.54, 1.807) is 25.4 Å². The second-order valence-electron chi connectivity index (χ2n) is 2.96. The van der Waals surface area contributed by atoms with Crippen LogP contribution in [-0.2, 0) is 9.57 Å². The lowest BCUT2D eigenvalue weighted by Crippen LogP contribution is -2.25. The lowest BCUT2D eigenvalue weighted by molar-refractivity contribution is 0.00888. The normalized spacial score (nSPS) is 10.0. The molecule has 0 saturated carbocycles. The van der Waals surface area contributed by atoms with Gasteiger partial charge < -0.3 is 4.74 Å². The zero-order valence-corrected chi connectivity index (χ0v) is 8.82. The van der Waals surface area contributed by atoms with Crippen molar-refractivity contribution in [2.45, 2.75) is 6.92 Å². The highest BCUT2D eigenvalue weighted by Gasteiger charge is 2.04. The number of nitrogens with zero attached hydrogens (tertiary/aromatic N) is 1. The van der Waals surface area contributed by atoms with Gasteiger partial charge in [-0.15, -0.1) is 0 Å². The van der Waals surface area contributed by atoms with Crippen LogP contribution in [0.25, 0.3) is 0 Å². The first-order valence-corrected chi connectivity index (χ1v) is 4.58. The van der Waals surface area contributed by atoms with Crippen LogP contribution in [0.4, 0.5) is 0 Å². The number of amides is 1. The van der Waals surface area contributed by atoms with E-state index in [9.17, 15) is 4.79 Å². The van der Waals surface area contributed by atoms with Gasteiger partial charge >= 0.3 is 0 Å². The van der Waals surface area contributed by atoms with Crippen molar-refractivity contribution in [1.29, 1.82) is 0 Å². The molecule has 0 atom stereocenters. The van der Waals surface area contributed by atoms with Crippen molar-refractivity contribution in [3.05, 3.63) is 29.6 Å². The molecule has 0 aliphatic carbocycles. The number of carbonyl (C=O) groups excluding carboxylic acids is 1. The molecule has 0 aliphatic rings. The summed E-state index contributed by atoms with van der Waals surface area (Å²) in [7, 11) is 1.57. The van der Waals surface area contributed by atoms with E-state index < -0.39 is 0 Å². The molecule has 0 aromatic carbocycles. The minimum atomic E-state index is -0.281. The van der Waals surface area contributed by atoms with Crippen LogP contribution in [-0.4, -0.2) is 31.2 Å². The second kappa shape index (κ2) is 6.10. The molecular formula is C10H14N2O3. The Bertz CT molecular complexity index is 328. The van der Waals surface area contributed by atoms with Crippen LogP contribution in [0.3, 0.4) is 0 Å². The molecule has 0 fully saturated rings. The van der Waals surface area contributed by atoms with Crippen molar-refractivity contribution in [1.82, 2.24) is 10.5 Å². The predicted molar refractivity (Wildman–Crippen MR) is 54.3 cm³/mol. The number of rotatable bonds is 5. The zero-order chi connectivity index (χ0) is 11.1. The standard InChI is InChI=1S/C10H14N2O3/c1-8-7-9(3-4-11-8)10(13)12-15-6-5-14-2/h3-4,7H,5-6H2,1-2H3,(H,12,13). The Kier molecular flexibility index (Phi) is 4.73. The smallest absolute Gasteiger partial charge is 0.274 e. The summed E-state index contributed by atoms with van der Waals surface area (Å²) in [5.74, 6) is -0.281. The summed E-state index contributed by atoms with van der Waals surface area (Å²) in [6, 6.07) is 3.32. The number of pyridine rings is 1. The zero-order valence-electron chi connectivity index (χ0n) is 8.82. The summed E-state index contributed by atoms with van der Waals surface area (Å²) >= 11 is 0. The number of hydrogen-bond acceptors (Lipinski definition) is 4. The van der Waals surface area contributed by atoms with E-state index in [4.69, 9.17) is 9.57 Å². The summed E-state index contributed by atoms with van der Waals surface area (Å²) in [5.41, 5.74) is 3.63. The van der Waals surface area contributed by atoms with Crippen LogP contribution < -0.4 is 5.48 Å². The van der Waals surface area contributed by atoms with E-state index in [2.05, 4.69) is 10.5 Å². The molecule has 0 aliphatic heterocycles. The van der Waals surface area contributed by atoms with Crippen molar-refractivity contribution < 1.29 is 14.4 Å². The third kappa shape index (κ3) is 4.05. The fourth-order valence-electron chi connectivity index (χ4n) is 0.987. The number of nitrogens with one attached hydrogen (secondary N) is 1. The maximum absolute atomic E-state index is 11.5. The maximum atomic E-state index is 11.5. The minimum Gasteiger partial charge on any atom is -0.382 e. The molecule has 0 saturated heterocycles. The Balaban J connectivity index is 2.40. The fourth-order valence-corrected chi connectivity index (χ4v) is 0.987. The van der Waals surface area contributed by atoms with Gasteiger partial charge in [-0.25, -0.2) is 5.48 Å². The first-order valence-electron chi connectivity index (χ1n) is 4.58. The Morgan fingerprint density at radius 2 is 2.33 bits per heavy atom. The molecule has 1 aromatic rings. The highest BCUT2D eigenvalue weighted by molar-refractivity contribution is 5.93. The quantitative estimate of drug-likeness (QED) is 0.574. The number of hydrogen-bond donors (Lipinski definition) is 1. The molecule has 5 nitrogen and oxygen atoms in total. The van der Waals surface area contributed by atoms with Crippen molar-refractivity contribution in [3.8, 4) is 0 Å². The second-order valence-corrected chi connectivity index (χ2v) is 2.96. The molecule has 1 amide bonds. The molecule has 0 unspecified atom stereocenters. The number of carbonyl (C=O) groups is 1. The van der Waals surface area contributed by atoms with Gasteiger partial charge in [0.15, 0.2) is 0 Å². The SMILES string of the molecule is COCCONC(=O)c1ccnc(C)c1. The number of aryl methyl sites for hydroxylation is 1. The van der Waals surface area contributed by atoms with Gasteiger partial charge in [0, 0.05) is 24.6 Å². The van der Waals surface area contributed by atoms with Crippen molar-refractivity contribution in [2.24, 2.45) is 0 Å². The van der Waals surface area contributed by atoms with Gasteiger partial charge in [-0.1, -0.05) is 0 Å². The average Bonchev–Trinajstić information content (AvgIpc) is 2.24. The monoisotopic (exact) mass is 210 g/mol. The molecule has 0 radical (unpaired) electrons. The van der Waals surface area contributed by atoms with E-state index in [0.29, 0.717) is 18.8 Å². The molecular weight excluding hydrogens is 196 g/mol. The van der Waals surface area contributed by atoms with Gasteiger partial charge in [0.25, 0.3) is 5.91 Å². The van der Waals surface area contributed by atoms with Gasteiger partial charge in [0.05, 0.1) is 13.2 Å². The number of hydroxylamine groups is 1. The van der Waals surface area contributed by atoms with Crippen LogP contribution in [0.1, 0.15) is 16.1 Å². The molecule has 1 heterocycles. The summed E-state index contributed by atoms with van der Waals surface area (Å²) in [6.07, 6.45) is 1.58. The van der Waals surface area contributed by atoms with Crippen LogP contribution in [0, 0.1) is 6.92 Å². The van der Waals surface area contributed by atoms with E-state index in [1.165, 1.54) is 0 Å². The van der Waals surface area contributed by atoms with Crippen LogP contribution in [0.15, 0.2) is 18.3 Å². The summed E-state index contributed by atoms with van der Waals surface area (Å²) in [4.78, 5) is 20.3. The molecule has 1 N–H and O–H groups in total. The van der Waals surface area contributed by atoms with Crippen molar-refractivity contribution in [2.75, 3.05) is 20.3 Å². The molecule has 1 aromatic heterocycles. The van der Waals surface area contributed by atoms with Crippen molar-refractivity contribution >= 4 is 5.91 Å². The Labute approximate surface area is 88.4 Å². The first kappa shape index (κ1) is 11.6. The van der Waals surface area contributed by atoms with Crippen LogP contribution in [0.2, 0.25) is 0 Å². The van der Waals surface area contributed by atoms with E-state index in [0.717, 1.165) is 5.69 Å². The van der Waals surface area contributed by atoms with Crippen LogP contribution in [0.5, 0.6) is 0 Å². The predicted octanol–water partition coefficient (Wildman–Crippen LogP) is 0.698. The first-order chi connectivity index (χ1) is 7.24. The Hall–Kier alpha value is -1.46. The Morgan fingerprint density at radius 3 is 3.00 bits per heavy atom. The molecule has 5 heteroatoms.